The molecule has 100 valence electrons. The van der Waals surface area contributed by atoms with Crippen molar-refractivity contribution in [2.45, 2.75) is 19.4 Å². The van der Waals surface area contributed by atoms with Crippen molar-refractivity contribution in [2.75, 3.05) is 26.7 Å². The lowest BCUT2D eigenvalue weighted by Crippen LogP contribution is -2.27. The maximum atomic E-state index is 9.79. The molecule has 4 heteroatoms. The summed E-state index contributed by atoms with van der Waals surface area (Å²) in [6.07, 6.45) is 1.23. The molecule has 0 spiro atoms. The van der Waals surface area contributed by atoms with Gasteiger partial charge in [0, 0.05) is 24.2 Å². The summed E-state index contributed by atoms with van der Waals surface area (Å²) < 4.78 is 0. The van der Waals surface area contributed by atoms with Crippen molar-refractivity contribution in [3.8, 4) is 11.5 Å². The highest BCUT2D eigenvalue weighted by Crippen LogP contribution is 2.28. The molecule has 0 radical (unpaired) electrons. The smallest absolute Gasteiger partial charge is 0.124 e. The van der Waals surface area contributed by atoms with Crippen LogP contribution in [0.5, 0.6) is 11.5 Å². The molecular formula is C14H22N2O2. The number of rotatable bonds is 4. The Hall–Kier alpha value is -1.26. The molecule has 1 aliphatic rings. The Morgan fingerprint density at radius 3 is 2.83 bits per heavy atom. The number of nitrogens with one attached hydrogen (secondary N) is 1. The molecule has 2 unspecified atom stereocenters. The maximum absolute atomic E-state index is 9.79. The summed E-state index contributed by atoms with van der Waals surface area (Å²) >= 11 is 0. The standard InChI is InChI=1S/C14H22N2O2/c1-10(13-4-3-12(17)7-14(13)18)15-8-11-5-6-16(2)9-11/h3-4,7,10-11,15,17-18H,5-6,8-9H2,1-2H3. The van der Waals surface area contributed by atoms with Gasteiger partial charge in [-0.15, -0.1) is 0 Å². The minimum absolute atomic E-state index is 0.0940. The lowest BCUT2D eigenvalue weighted by molar-refractivity contribution is 0.379. The van der Waals surface area contributed by atoms with Gasteiger partial charge >= 0.3 is 0 Å². The summed E-state index contributed by atoms with van der Waals surface area (Å²) in [5.74, 6) is 0.941. The zero-order valence-electron chi connectivity index (χ0n) is 11.1. The molecule has 3 N–H and O–H groups in total. The Morgan fingerprint density at radius 2 is 2.22 bits per heavy atom. The van der Waals surface area contributed by atoms with Gasteiger partial charge in [0.1, 0.15) is 11.5 Å². The fraction of sp³-hybridized carbons (Fsp3) is 0.571. The van der Waals surface area contributed by atoms with Crippen LogP contribution in [0.4, 0.5) is 0 Å². The number of benzene rings is 1. The molecule has 0 bridgehead atoms. The first-order valence-electron chi connectivity index (χ1n) is 6.50. The molecule has 1 saturated heterocycles. The van der Waals surface area contributed by atoms with Gasteiger partial charge in [-0.25, -0.2) is 0 Å². The van der Waals surface area contributed by atoms with E-state index in [0.29, 0.717) is 5.92 Å². The number of nitrogens with zero attached hydrogens (tertiary/aromatic N) is 1. The molecule has 2 rings (SSSR count). The van der Waals surface area contributed by atoms with Crippen molar-refractivity contribution in [3.05, 3.63) is 23.8 Å². The Balaban J connectivity index is 1.89. The van der Waals surface area contributed by atoms with E-state index in [1.54, 1.807) is 12.1 Å². The van der Waals surface area contributed by atoms with Gasteiger partial charge in [0.2, 0.25) is 0 Å². The van der Waals surface area contributed by atoms with Crippen molar-refractivity contribution in [2.24, 2.45) is 5.92 Å². The first-order valence-corrected chi connectivity index (χ1v) is 6.50. The van der Waals surface area contributed by atoms with E-state index in [-0.39, 0.29) is 17.5 Å². The zero-order chi connectivity index (χ0) is 13.1. The zero-order valence-corrected chi connectivity index (χ0v) is 11.1. The number of phenols is 2. The minimum Gasteiger partial charge on any atom is -0.508 e. The third-order valence-corrected chi connectivity index (χ3v) is 3.68. The highest BCUT2D eigenvalue weighted by atomic mass is 16.3. The normalized spacial score (nSPS) is 22.2. The van der Waals surface area contributed by atoms with Crippen molar-refractivity contribution in [3.63, 3.8) is 0 Å². The Labute approximate surface area is 108 Å². The Bertz CT molecular complexity index is 409. The van der Waals surface area contributed by atoms with Crippen LogP contribution in [0.1, 0.15) is 24.9 Å². The van der Waals surface area contributed by atoms with Crippen LogP contribution in [0.2, 0.25) is 0 Å². The third-order valence-electron chi connectivity index (χ3n) is 3.68. The molecular weight excluding hydrogens is 228 g/mol. The van der Waals surface area contributed by atoms with E-state index in [1.807, 2.05) is 6.92 Å². The molecule has 0 amide bonds. The summed E-state index contributed by atoms with van der Waals surface area (Å²) in [6.45, 7) is 5.31. The van der Waals surface area contributed by atoms with Crippen LogP contribution in [-0.2, 0) is 0 Å². The van der Waals surface area contributed by atoms with Gasteiger partial charge in [-0.05, 0) is 45.5 Å². The van der Waals surface area contributed by atoms with Gasteiger partial charge in [-0.3, -0.25) is 0 Å². The highest BCUT2D eigenvalue weighted by Gasteiger charge is 2.20. The molecule has 1 aromatic rings. The van der Waals surface area contributed by atoms with Crippen molar-refractivity contribution in [1.82, 2.24) is 10.2 Å². The molecule has 0 aliphatic carbocycles. The van der Waals surface area contributed by atoms with Gasteiger partial charge in [0.15, 0.2) is 0 Å². The number of hydrogen-bond donors (Lipinski definition) is 3. The van der Waals surface area contributed by atoms with Gasteiger partial charge in [0.25, 0.3) is 0 Å². The summed E-state index contributed by atoms with van der Waals surface area (Å²) in [7, 11) is 2.15. The van der Waals surface area contributed by atoms with Crippen molar-refractivity contribution >= 4 is 0 Å². The summed E-state index contributed by atoms with van der Waals surface area (Å²) in [5.41, 5.74) is 0.833. The van der Waals surface area contributed by atoms with E-state index < -0.39 is 0 Å². The topological polar surface area (TPSA) is 55.7 Å². The van der Waals surface area contributed by atoms with E-state index >= 15 is 0 Å². The van der Waals surface area contributed by atoms with E-state index in [9.17, 15) is 10.2 Å². The molecule has 2 atom stereocenters. The van der Waals surface area contributed by atoms with Crippen LogP contribution < -0.4 is 5.32 Å². The maximum Gasteiger partial charge on any atom is 0.124 e. The molecule has 18 heavy (non-hydrogen) atoms. The van der Waals surface area contributed by atoms with Gasteiger partial charge < -0.3 is 20.4 Å². The molecule has 1 aliphatic heterocycles. The minimum atomic E-state index is 0.0940. The predicted molar refractivity (Wildman–Crippen MR) is 71.8 cm³/mol. The predicted octanol–water partition coefficient (Wildman–Crippen LogP) is 1.70. The van der Waals surface area contributed by atoms with E-state index in [4.69, 9.17) is 0 Å². The van der Waals surface area contributed by atoms with E-state index in [0.717, 1.165) is 18.7 Å². The monoisotopic (exact) mass is 250 g/mol. The fourth-order valence-electron chi connectivity index (χ4n) is 2.54. The Kier molecular flexibility index (Phi) is 4.09. The molecule has 1 aromatic carbocycles. The second-order valence-electron chi connectivity index (χ2n) is 5.29. The first kappa shape index (κ1) is 13.2. The Morgan fingerprint density at radius 1 is 1.44 bits per heavy atom. The number of phenolic OH excluding ortho intramolecular Hbond substituents is 2. The van der Waals surface area contributed by atoms with Crippen LogP contribution in [-0.4, -0.2) is 41.8 Å². The summed E-state index contributed by atoms with van der Waals surface area (Å²) in [4.78, 5) is 2.34. The number of likely N-dealkylation sites (tertiary alicyclic amines) is 1. The lowest BCUT2D eigenvalue weighted by atomic mass is 10.0. The van der Waals surface area contributed by atoms with Gasteiger partial charge in [0.05, 0.1) is 0 Å². The van der Waals surface area contributed by atoms with Crippen LogP contribution >= 0.6 is 0 Å². The van der Waals surface area contributed by atoms with Gasteiger partial charge in [-0.2, -0.15) is 0 Å². The summed E-state index contributed by atoms with van der Waals surface area (Å²) in [6, 6.07) is 4.85. The lowest BCUT2D eigenvalue weighted by Gasteiger charge is -2.18. The first-order chi connectivity index (χ1) is 8.56. The molecule has 0 aromatic heterocycles. The van der Waals surface area contributed by atoms with Crippen LogP contribution in [0.15, 0.2) is 18.2 Å². The average Bonchev–Trinajstić information content (AvgIpc) is 2.72. The largest absolute Gasteiger partial charge is 0.508 e. The number of aromatic hydroxyl groups is 2. The van der Waals surface area contributed by atoms with E-state index in [2.05, 4.69) is 17.3 Å². The summed E-state index contributed by atoms with van der Waals surface area (Å²) in [5, 5.41) is 22.5. The van der Waals surface area contributed by atoms with Crippen molar-refractivity contribution < 1.29 is 10.2 Å². The third kappa shape index (κ3) is 3.15. The van der Waals surface area contributed by atoms with Crippen molar-refractivity contribution in [1.29, 1.82) is 0 Å². The van der Waals surface area contributed by atoms with Crippen LogP contribution in [0.3, 0.4) is 0 Å². The molecule has 0 saturated carbocycles. The van der Waals surface area contributed by atoms with E-state index in [1.165, 1.54) is 19.0 Å². The number of hydrogen-bond acceptors (Lipinski definition) is 4. The molecule has 4 nitrogen and oxygen atoms in total. The highest BCUT2D eigenvalue weighted by molar-refractivity contribution is 5.40. The SMILES string of the molecule is CC(NCC1CCN(C)C1)c1ccc(O)cc1O. The molecule has 1 heterocycles. The van der Waals surface area contributed by atoms with Crippen LogP contribution in [0, 0.1) is 5.92 Å². The van der Waals surface area contributed by atoms with Gasteiger partial charge in [-0.1, -0.05) is 6.07 Å². The second-order valence-corrected chi connectivity index (χ2v) is 5.29. The average molecular weight is 250 g/mol. The van der Waals surface area contributed by atoms with Crippen LogP contribution in [0.25, 0.3) is 0 Å². The fourth-order valence-corrected chi connectivity index (χ4v) is 2.54. The second kappa shape index (κ2) is 5.59. The molecule has 1 fully saturated rings. The quantitative estimate of drug-likeness (QED) is 0.761.